The van der Waals surface area contributed by atoms with E-state index in [0.717, 1.165) is 31.4 Å². The van der Waals surface area contributed by atoms with Crippen LogP contribution >= 0.6 is 0 Å². The predicted molar refractivity (Wildman–Crippen MR) is 88.2 cm³/mol. The molecule has 8 heteroatoms. The lowest BCUT2D eigenvalue weighted by Gasteiger charge is -2.26. The summed E-state index contributed by atoms with van der Waals surface area (Å²) in [5.74, 6) is -1.31. The first kappa shape index (κ1) is 20.7. The second-order valence-electron chi connectivity index (χ2n) is 6.40. The molecule has 1 aliphatic rings. The first-order valence-electron chi connectivity index (χ1n) is 8.60. The number of benzene rings is 1. The predicted octanol–water partition coefficient (Wildman–Crippen LogP) is 5.45. The summed E-state index contributed by atoms with van der Waals surface area (Å²) in [6.45, 7) is 0. The Kier molecular flexibility index (Phi) is 7.22. The van der Waals surface area contributed by atoms with Crippen LogP contribution < -0.4 is 9.47 Å². The van der Waals surface area contributed by atoms with Gasteiger partial charge in [0.1, 0.15) is 17.6 Å². The Labute approximate surface area is 154 Å². The molecule has 0 saturated heterocycles. The van der Waals surface area contributed by atoms with E-state index in [1.807, 2.05) is 0 Å². The van der Waals surface area contributed by atoms with E-state index in [1.165, 1.54) is 24.3 Å². The summed E-state index contributed by atoms with van der Waals surface area (Å²) in [4.78, 5) is 12.2. The van der Waals surface area contributed by atoms with Crippen LogP contribution in [-0.2, 0) is 4.79 Å². The molecule has 0 aromatic heterocycles. The Morgan fingerprint density at radius 3 is 2.30 bits per heavy atom. The number of rotatable bonds is 6. The summed E-state index contributed by atoms with van der Waals surface area (Å²) in [5, 5.41) is 8.35. The van der Waals surface area contributed by atoms with Crippen LogP contribution in [0.25, 0.3) is 0 Å². The summed E-state index contributed by atoms with van der Waals surface area (Å²) < 4.78 is 58.1. The van der Waals surface area contributed by atoms with Crippen molar-refractivity contribution in [1.82, 2.24) is 0 Å². The van der Waals surface area contributed by atoms with E-state index in [1.54, 1.807) is 0 Å². The lowest BCUT2D eigenvalue weighted by molar-refractivity contribution is -0.274. The van der Waals surface area contributed by atoms with Gasteiger partial charge in [-0.3, -0.25) is 4.79 Å². The molecule has 0 atom stereocenters. The highest BCUT2D eigenvalue weighted by atomic mass is 19.4. The number of carbonyl (C=O) groups is 1. The van der Waals surface area contributed by atoms with Crippen molar-refractivity contribution in [2.75, 3.05) is 0 Å². The molecule has 0 amide bonds. The van der Waals surface area contributed by atoms with Crippen molar-refractivity contribution in [2.45, 2.75) is 44.9 Å². The van der Waals surface area contributed by atoms with Gasteiger partial charge in [0, 0.05) is 0 Å². The fourth-order valence-electron chi connectivity index (χ4n) is 3.09. The maximum absolute atomic E-state index is 12.7. The van der Waals surface area contributed by atoms with Gasteiger partial charge in [0.2, 0.25) is 0 Å². The fourth-order valence-corrected chi connectivity index (χ4v) is 3.09. The lowest BCUT2D eigenvalue weighted by Crippen LogP contribution is -2.25. The van der Waals surface area contributed by atoms with Crippen molar-refractivity contribution in [3.63, 3.8) is 0 Å². The minimum Gasteiger partial charge on any atom is -0.426 e. The van der Waals surface area contributed by atoms with Crippen LogP contribution in [0.1, 0.15) is 38.5 Å². The zero-order chi connectivity index (χ0) is 19.9. The Morgan fingerprint density at radius 2 is 1.74 bits per heavy atom. The molecule has 27 heavy (non-hydrogen) atoms. The highest BCUT2D eigenvalue weighted by Crippen LogP contribution is 2.33. The number of halogens is 4. The molecule has 0 bridgehead atoms. The van der Waals surface area contributed by atoms with Gasteiger partial charge in [0.05, 0.1) is 5.92 Å². The minimum absolute atomic E-state index is 0.161. The van der Waals surface area contributed by atoms with Crippen LogP contribution in [0.4, 0.5) is 17.6 Å². The van der Waals surface area contributed by atoms with Gasteiger partial charge in [-0.2, -0.15) is 9.65 Å². The molecular formula is C19H19F4NO3. The number of hydrogen-bond donors (Lipinski definition) is 0. The van der Waals surface area contributed by atoms with Crippen LogP contribution in [0.15, 0.2) is 36.2 Å². The summed E-state index contributed by atoms with van der Waals surface area (Å²) in [5.41, 5.74) is 0. The minimum atomic E-state index is -4.77. The number of ether oxygens (including phenoxy) is 2. The summed E-state index contributed by atoms with van der Waals surface area (Å²) in [6.07, 6.45) is 0.648. The van der Waals surface area contributed by atoms with Crippen molar-refractivity contribution in [3.8, 4) is 17.6 Å². The zero-order valence-corrected chi connectivity index (χ0v) is 14.5. The van der Waals surface area contributed by atoms with Crippen molar-refractivity contribution < 1.29 is 31.8 Å². The van der Waals surface area contributed by atoms with Gasteiger partial charge in [-0.1, -0.05) is 0 Å². The van der Waals surface area contributed by atoms with Gasteiger partial charge in [0.15, 0.2) is 5.83 Å². The standard InChI is InChI=1S/C19H19F4NO3/c20-15(12-24)3-1-2-13-4-6-14(7-5-13)18(25)26-16-8-10-17(11-9-16)27-19(21,22)23/h3,8-11,13-14H,1-2,4-7H2. The maximum atomic E-state index is 12.7. The molecule has 0 radical (unpaired) electrons. The molecule has 146 valence electrons. The van der Waals surface area contributed by atoms with E-state index in [9.17, 15) is 22.4 Å². The van der Waals surface area contributed by atoms with Gasteiger partial charge in [0.25, 0.3) is 0 Å². The fraction of sp³-hybridized carbons (Fsp3) is 0.474. The summed E-state index contributed by atoms with van der Waals surface area (Å²) >= 11 is 0. The first-order chi connectivity index (χ1) is 12.8. The number of esters is 1. The van der Waals surface area contributed by atoms with Crippen molar-refractivity contribution in [3.05, 3.63) is 36.2 Å². The van der Waals surface area contributed by atoms with E-state index in [-0.39, 0.29) is 17.4 Å². The van der Waals surface area contributed by atoms with E-state index >= 15 is 0 Å². The third-order valence-corrected chi connectivity index (χ3v) is 4.46. The molecule has 1 aliphatic carbocycles. The first-order valence-corrected chi connectivity index (χ1v) is 8.60. The highest BCUT2D eigenvalue weighted by molar-refractivity contribution is 5.75. The highest BCUT2D eigenvalue weighted by Gasteiger charge is 2.31. The second-order valence-corrected chi connectivity index (χ2v) is 6.40. The van der Waals surface area contributed by atoms with Gasteiger partial charge in [-0.15, -0.1) is 13.2 Å². The Hall–Kier alpha value is -2.56. The van der Waals surface area contributed by atoms with Gasteiger partial charge < -0.3 is 9.47 Å². The molecule has 1 aromatic carbocycles. The molecule has 0 heterocycles. The van der Waals surface area contributed by atoms with Crippen LogP contribution in [0.2, 0.25) is 0 Å². The molecule has 0 spiro atoms. The van der Waals surface area contributed by atoms with Crippen LogP contribution in [-0.4, -0.2) is 12.3 Å². The Balaban J connectivity index is 1.77. The second kappa shape index (κ2) is 9.40. The molecular weight excluding hydrogens is 366 g/mol. The number of carbonyl (C=O) groups excluding carboxylic acids is 1. The molecule has 0 aliphatic heterocycles. The SMILES string of the molecule is N#CC(F)=CCCC1CCC(C(=O)Oc2ccc(OC(F)(F)F)cc2)CC1. The van der Waals surface area contributed by atoms with Gasteiger partial charge in [-0.05, 0) is 74.8 Å². The Morgan fingerprint density at radius 1 is 1.15 bits per heavy atom. The van der Waals surface area contributed by atoms with Gasteiger partial charge in [-0.25, -0.2) is 0 Å². The number of nitrogens with zero attached hydrogens (tertiary/aromatic N) is 1. The number of hydrogen-bond acceptors (Lipinski definition) is 4. The number of alkyl halides is 3. The molecule has 1 saturated carbocycles. The topological polar surface area (TPSA) is 59.3 Å². The molecule has 1 aromatic rings. The average Bonchev–Trinajstić information content (AvgIpc) is 2.62. The van der Waals surface area contributed by atoms with Crippen molar-refractivity contribution >= 4 is 5.97 Å². The van der Waals surface area contributed by atoms with E-state index in [0.29, 0.717) is 25.2 Å². The quantitative estimate of drug-likeness (QED) is 0.283. The normalized spacial score (nSPS) is 20.6. The number of nitriles is 1. The van der Waals surface area contributed by atoms with Gasteiger partial charge >= 0.3 is 12.3 Å². The van der Waals surface area contributed by atoms with Crippen LogP contribution in [0.5, 0.6) is 11.5 Å². The van der Waals surface area contributed by atoms with E-state index in [4.69, 9.17) is 10.00 Å². The molecule has 4 nitrogen and oxygen atoms in total. The summed E-state index contributed by atoms with van der Waals surface area (Å²) in [6, 6.07) is 6.10. The molecule has 0 N–H and O–H groups in total. The smallest absolute Gasteiger partial charge is 0.426 e. The third kappa shape index (κ3) is 7.29. The molecule has 0 unspecified atom stereocenters. The zero-order valence-electron chi connectivity index (χ0n) is 14.5. The van der Waals surface area contributed by atoms with E-state index in [2.05, 4.69) is 4.74 Å². The average molecular weight is 385 g/mol. The lowest BCUT2D eigenvalue weighted by atomic mass is 9.80. The number of allylic oxidation sites excluding steroid dienone is 2. The maximum Gasteiger partial charge on any atom is 0.573 e. The van der Waals surface area contributed by atoms with Crippen LogP contribution in [0, 0.1) is 23.2 Å². The third-order valence-electron chi connectivity index (χ3n) is 4.46. The Bertz CT molecular complexity index is 699. The van der Waals surface area contributed by atoms with Crippen molar-refractivity contribution in [2.24, 2.45) is 11.8 Å². The largest absolute Gasteiger partial charge is 0.573 e. The summed E-state index contributed by atoms with van der Waals surface area (Å²) in [7, 11) is 0. The van der Waals surface area contributed by atoms with Crippen molar-refractivity contribution in [1.29, 1.82) is 5.26 Å². The van der Waals surface area contributed by atoms with E-state index < -0.39 is 18.2 Å². The monoisotopic (exact) mass is 385 g/mol. The van der Waals surface area contributed by atoms with Crippen LogP contribution in [0.3, 0.4) is 0 Å². The molecule has 1 fully saturated rings. The molecule has 2 rings (SSSR count).